The molecule has 2 heterocycles. The summed E-state index contributed by atoms with van der Waals surface area (Å²) in [5, 5.41) is 5.74. The number of rotatable bonds is 13. The highest BCUT2D eigenvalue weighted by Crippen LogP contribution is 2.49. The van der Waals surface area contributed by atoms with Crippen molar-refractivity contribution in [1.82, 2.24) is 15.2 Å². The minimum atomic E-state index is -0.525. The van der Waals surface area contributed by atoms with Gasteiger partial charge in [0, 0.05) is 30.2 Å². The van der Waals surface area contributed by atoms with Gasteiger partial charge in [-0.25, -0.2) is 4.39 Å². The van der Waals surface area contributed by atoms with Crippen molar-refractivity contribution in [3.05, 3.63) is 52.1 Å². The lowest BCUT2D eigenvalue weighted by atomic mass is 9.93. The number of fused-ring (bicyclic) bond motifs is 1. The molecule has 0 aliphatic carbocycles. The number of carbonyl (C=O) groups excluding carboxylic acids is 2. The summed E-state index contributed by atoms with van der Waals surface area (Å²) in [5.41, 5.74) is 4.49. The fourth-order valence-corrected chi connectivity index (χ4v) is 6.31. The molecular weight excluding hydrogens is 463 g/mol. The van der Waals surface area contributed by atoms with Gasteiger partial charge in [-0.05, 0) is 68.4 Å². The Morgan fingerprint density at radius 1 is 1.20 bits per heavy atom. The molecule has 0 bridgehead atoms. The second-order valence-electron chi connectivity index (χ2n) is 9.14. The molecule has 2 aromatic rings. The molecule has 35 heavy (non-hydrogen) atoms. The van der Waals surface area contributed by atoms with Crippen LogP contribution in [0.5, 0.6) is 0 Å². The highest BCUT2D eigenvalue weighted by Gasteiger charge is 2.40. The number of H-pyrrole nitrogens is 1. The zero-order valence-corrected chi connectivity index (χ0v) is 22.4. The first-order valence-electron chi connectivity index (χ1n) is 12.7. The van der Waals surface area contributed by atoms with Gasteiger partial charge < -0.3 is 20.5 Å². The Balaban J connectivity index is 1.90. The Hall–Kier alpha value is -2.32. The van der Waals surface area contributed by atoms with Gasteiger partial charge in [0.15, 0.2) is 0 Å². The number of nitrogens with zero attached hydrogens (tertiary/aromatic N) is 1. The maximum absolute atomic E-state index is 14.2. The van der Waals surface area contributed by atoms with E-state index in [1.54, 1.807) is 17.8 Å². The van der Waals surface area contributed by atoms with Crippen LogP contribution in [-0.4, -0.2) is 53.6 Å². The molecule has 0 fully saturated rings. The van der Waals surface area contributed by atoms with Crippen molar-refractivity contribution in [3.63, 3.8) is 0 Å². The lowest BCUT2D eigenvalue weighted by Gasteiger charge is -2.23. The maximum Gasteiger partial charge on any atom is 0.253 e. The van der Waals surface area contributed by atoms with Crippen molar-refractivity contribution in [2.75, 3.05) is 37.2 Å². The quantitative estimate of drug-likeness (QED) is 0.314. The predicted octanol–water partition coefficient (Wildman–Crippen LogP) is 5.54. The lowest BCUT2D eigenvalue weighted by Crippen LogP contribution is -2.35. The van der Waals surface area contributed by atoms with Gasteiger partial charge in [-0.15, -0.1) is 0 Å². The Morgan fingerprint density at radius 2 is 1.94 bits per heavy atom. The van der Waals surface area contributed by atoms with Crippen molar-refractivity contribution < 1.29 is 14.0 Å². The summed E-state index contributed by atoms with van der Waals surface area (Å²) < 4.78 is 14.2. The topological polar surface area (TPSA) is 77.2 Å². The first kappa shape index (κ1) is 27.3. The van der Waals surface area contributed by atoms with E-state index in [1.165, 1.54) is 12.1 Å². The predicted molar refractivity (Wildman–Crippen MR) is 143 cm³/mol. The molecule has 8 heteroatoms. The molecule has 1 aromatic carbocycles. The van der Waals surface area contributed by atoms with Gasteiger partial charge in [-0.2, -0.15) is 11.8 Å². The average Bonchev–Trinajstić information content (AvgIpc) is 3.31. The van der Waals surface area contributed by atoms with Gasteiger partial charge in [-0.3, -0.25) is 9.59 Å². The van der Waals surface area contributed by atoms with Crippen molar-refractivity contribution in [3.8, 4) is 0 Å². The summed E-state index contributed by atoms with van der Waals surface area (Å²) in [5.74, 6) is -0.229. The van der Waals surface area contributed by atoms with E-state index in [9.17, 15) is 14.0 Å². The molecular formula is C27H39FN4O2S. The fraction of sp³-hybridized carbons (Fsp3) is 0.556. The average molecular weight is 503 g/mol. The minimum absolute atomic E-state index is 0.105. The van der Waals surface area contributed by atoms with E-state index in [-0.39, 0.29) is 22.9 Å². The molecule has 1 aromatic heterocycles. The SMILES string of the molecule is CCCCCSC(c1[nH]c(C)c(C(=O)NCCN(CC)CC)c1C)C1C(=O)Nc2ccc(F)cc21. The Morgan fingerprint density at radius 3 is 2.63 bits per heavy atom. The summed E-state index contributed by atoms with van der Waals surface area (Å²) in [6.45, 7) is 13.5. The molecule has 2 atom stereocenters. The monoisotopic (exact) mass is 502 g/mol. The number of aromatic nitrogens is 1. The highest BCUT2D eigenvalue weighted by molar-refractivity contribution is 7.99. The van der Waals surface area contributed by atoms with E-state index in [1.807, 2.05) is 13.8 Å². The van der Waals surface area contributed by atoms with Crippen LogP contribution in [-0.2, 0) is 4.79 Å². The number of aryl methyl sites for hydroxylation is 1. The largest absolute Gasteiger partial charge is 0.361 e. The number of nitrogens with one attached hydrogen (secondary N) is 3. The highest BCUT2D eigenvalue weighted by atomic mass is 32.2. The summed E-state index contributed by atoms with van der Waals surface area (Å²) in [6, 6.07) is 4.46. The zero-order valence-electron chi connectivity index (χ0n) is 21.6. The molecule has 2 unspecified atom stereocenters. The van der Waals surface area contributed by atoms with Gasteiger partial charge in [-0.1, -0.05) is 33.6 Å². The number of hydrogen-bond donors (Lipinski definition) is 3. The number of unbranched alkanes of at least 4 members (excludes halogenated alkanes) is 2. The summed E-state index contributed by atoms with van der Waals surface area (Å²) >= 11 is 1.71. The van der Waals surface area contributed by atoms with Crippen LogP contribution < -0.4 is 10.6 Å². The third-order valence-corrected chi connectivity index (χ3v) is 8.22. The Bertz CT molecular complexity index is 1030. The van der Waals surface area contributed by atoms with Crippen molar-refractivity contribution in [1.29, 1.82) is 0 Å². The van der Waals surface area contributed by atoms with Crippen molar-refractivity contribution in [2.45, 2.75) is 65.0 Å². The van der Waals surface area contributed by atoms with E-state index in [0.717, 1.165) is 61.6 Å². The van der Waals surface area contributed by atoms with Crippen LogP contribution in [0.3, 0.4) is 0 Å². The number of anilines is 1. The standard InChI is InChI=1S/C27H39FN4O2S/c1-6-9-10-15-35-25(23-20-16-19(28)11-12-21(20)31-27(23)34)24-17(4)22(18(5)30-24)26(33)29-13-14-32(7-2)8-3/h11-12,16,23,25,30H,6-10,13-15H2,1-5H3,(H,29,33)(H,31,34). The number of likely N-dealkylation sites (N-methyl/N-ethyl adjacent to an activating group) is 1. The summed E-state index contributed by atoms with van der Waals surface area (Å²) in [4.78, 5) is 31.9. The first-order chi connectivity index (χ1) is 16.8. The molecule has 1 aliphatic rings. The van der Waals surface area contributed by atoms with Crippen LogP contribution in [0.2, 0.25) is 0 Å². The van der Waals surface area contributed by atoms with Crippen LogP contribution in [0, 0.1) is 19.7 Å². The normalized spacial score (nSPS) is 15.9. The van der Waals surface area contributed by atoms with Crippen LogP contribution in [0.1, 0.15) is 84.1 Å². The van der Waals surface area contributed by atoms with E-state index < -0.39 is 5.92 Å². The number of aromatic amines is 1. The van der Waals surface area contributed by atoms with Crippen LogP contribution in [0.25, 0.3) is 0 Å². The van der Waals surface area contributed by atoms with Crippen LogP contribution in [0.15, 0.2) is 18.2 Å². The fourth-order valence-electron chi connectivity index (χ4n) is 4.82. The molecule has 0 saturated carbocycles. The van der Waals surface area contributed by atoms with Gasteiger partial charge in [0.2, 0.25) is 5.91 Å². The molecule has 0 radical (unpaired) electrons. The third kappa shape index (κ3) is 6.28. The summed E-state index contributed by atoms with van der Waals surface area (Å²) in [7, 11) is 0. The third-order valence-electron chi connectivity index (χ3n) is 6.83. The van der Waals surface area contributed by atoms with E-state index in [2.05, 4.69) is 41.3 Å². The van der Waals surface area contributed by atoms with Gasteiger partial charge in [0.05, 0.1) is 16.7 Å². The van der Waals surface area contributed by atoms with Crippen LogP contribution >= 0.6 is 11.8 Å². The molecule has 6 nitrogen and oxygen atoms in total. The minimum Gasteiger partial charge on any atom is -0.361 e. The molecule has 3 N–H and O–H groups in total. The maximum atomic E-state index is 14.2. The summed E-state index contributed by atoms with van der Waals surface area (Å²) in [6.07, 6.45) is 3.27. The number of carbonyl (C=O) groups is 2. The van der Waals surface area contributed by atoms with E-state index in [0.29, 0.717) is 23.4 Å². The lowest BCUT2D eigenvalue weighted by molar-refractivity contribution is -0.117. The Labute approximate surface area is 212 Å². The molecule has 0 spiro atoms. The van der Waals surface area contributed by atoms with Crippen LogP contribution in [0.4, 0.5) is 10.1 Å². The molecule has 192 valence electrons. The number of hydrogen-bond acceptors (Lipinski definition) is 4. The van der Waals surface area contributed by atoms with Gasteiger partial charge >= 0.3 is 0 Å². The van der Waals surface area contributed by atoms with E-state index >= 15 is 0 Å². The number of benzene rings is 1. The van der Waals surface area contributed by atoms with Crippen molar-refractivity contribution >= 4 is 29.3 Å². The molecule has 2 amide bonds. The first-order valence-corrected chi connectivity index (χ1v) is 13.8. The molecule has 3 rings (SSSR count). The smallest absolute Gasteiger partial charge is 0.253 e. The second kappa shape index (κ2) is 12.6. The van der Waals surface area contributed by atoms with Gasteiger partial charge in [0.25, 0.3) is 5.91 Å². The zero-order chi connectivity index (χ0) is 25.5. The number of halogens is 1. The van der Waals surface area contributed by atoms with Gasteiger partial charge in [0.1, 0.15) is 5.82 Å². The number of thioether (sulfide) groups is 1. The molecule has 1 aliphatic heterocycles. The van der Waals surface area contributed by atoms with Crippen molar-refractivity contribution in [2.24, 2.45) is 0 Å². The van der Waals surface area contributed by atoms with E-state index in [4.69, 9.17) is 0 Å². The molecule has 0 saturated heterocycles. The number of amides is 2. The second-order valence-corrected chi connectivity index (χ2v) is 10.4. The Kier molecular flexibility index (Phi) is 9.80.